The third kappa shape index (κ3) is 3.62. The number of hydrogen-bond acceptors (Lipinski definition) is 2. The van der Waals surface area contributed by atoms with E-state index in [9.17, 15) is 0 Å². The van der Waals surface area contributed by atoms with Gasteiger partial charge in [-0.15, -0.1) is 0 Å². The van der Waals surface area contributed by atoms with Gasteiger partial charge in [-0.2, -0.15) is 0 Å². The van der Waals surface area contributed by atoms with Crippen molar-refractivity contribution in [2.24, 2.45) is 5.73 Å². The SMILES string of the molecule is CCCCCC(C)(CN)N1CCC(c2ccccc2)C1. The highest BCUT2D eigenvalue weighted by Gasteiger charge is 2.35. The van der Waals surface area contributed by atoms with Crippen LogP contribution in [0.1, 0.15) is 57.4 Å². The van der Waals surface area contributed by atoms with Crippen LogP contribution in [0.4, 0.5) is 0 Å². The van der Waals surface area contributed by atoms with Crippen LogP contribution < -0.4 is 5.73 Å². The molecule has 0 radical (unpaired) electrons. The molecule has 1 aliphatic rings. The van der Waals surface area contributed by atoms with Gasteiger partial charge in [-0.3, -0.25) is 4.90 Å². The minimum absolute atomic E-state index is 0.193. The van der Waals surface area contributed by atoms with Crippen molar-refractivity contribution in [3.8, 4) is 0 Å². The van der Waals surface area contributed by atoms with Crippen LogP contribution in [0.3, 0.4) is 0 Å². The van der Waals surface area contributed by atoms with Crippen molar-refractivity contribution in [2.75, 3.05) is 19.6 Å². The van der Waals surface area contributed by atoms with E-state index in [0.29, 0.717) is 5.92 Å². The maximum atomic E-state index is 6.11. The first-order valence-corrected chi connectivity index (χ1v) is 8.19. The quantitative estimate of drug-likeness (QED) is 0.767. The van der Waals surface area contributed by atoms with Crippen molar-refractivity contribution in [1.29, 1.82) is 0 Å². The van der Waals surface area contributed by atoms with Crippen LogP contribution in [0.25, 0.3) is 0 Å². The Morgan fingerprint density at radius 1 is 1.25 bits per heavy atom. The van der Waals surface area contributed by atoms with Gasteiger partial charge < -0.3 is 5.73 Å². The summed E-state index contributed by atoms with van der Waals surface area (Å²) in [7, 11) is 0. The summed E-state index contributed by atoms with van der Waals surface area (Å²) in [6, 6.07) is 10.9. The van der Waals surface area contributed by atoms with Crippen molar-refractivity contribution < 1.29 is 0 Å². The van der Waals surface area contributed by atoms with E-state index < -0.39 is 0 Å². The van der Waals surface area contributed by atoms with Gasteiger partial charge in [-0.1, -0.05) is 56.5 Å². The summed E-state index contributed by atoms with van der Waals surface area (Å²) in [5.74, 6) is 0.688. The summed E-state index contributed by atoms with van der Waals surface area (Å²) in [6.45, 7) is 7.76. The second-order valence-electron chi connectivity index (χ2n) is 6.50. The van der Waals surface area contributed by atoms with Gasteiger partial charge in [-0.05, 0) is 37.8 Å². The van der Waals surface area contributed by atoms with E-state index >= 15 is 0 Å². The molecule has 0 amide bonds. The zero-order chi connectivity index (χ0) is 14.4. The molecule has 1 heterocycles. The Kier molecular flexibility index (Phi) is 5.62. The van der Waals surface area contributed by atoms with Crippen molar-refractivity contribution in [2.45, 2.75) is 57.4 Å². The van der Waals surface area contributed by atoms with Crippen LogP contribution in [0.15, 0.2) is 30.3 Å². The van der Waals surface area contributed by atoms with Crippen LogP contribution >= 0.6 is 0 Å². The third-order valence-corrected chi connectivity index (χ3v) is 4.98. The monoisotopic (exact) mass is 274 g/mol. The van der Waals surface area contributed by atoms with Crippen molar-refractivity contribution in [3.63, 3.8) is 0 Å². The topological polar surface area (TPSA) is 29.3 Å². The highest BCUT2D eigenvalue weighted by molar-refractivity contribution is 5.21. The Bertz CT molecular complexity index is 390. The average molecular weight is 274 g/mol. The first-order valence-electron chi connectivity index (χ1n) is 8.19. The number of nitrogens with two attached hydrogens (primary N) is 1. The molecule has 2 rings (SSSR count). The van der Waals surface area contributed by atoms with Crippen LogP contribution in [0.5, 0.6) is 0 Å². The van der Waals surface area contributed by atoms with Gasteiger partial charge in [0.25, 0.3) is 0 Å². The second kappa shape index (κ2) is 7.24. The number of unbranched alkanes of at least 4 members (excludes halogenated alkanes) is 2. The van der Waals surface area contributed by atoms with Gasteiger partial charge in [0.2, 0.25) is 0 Å². The van der Waals surface area contributed by atoms with Gasteiger partial charge >= 0.3 is 0 Å². The molecule has 2 heteroatoms. The van der Waals surface area contributed by atoms with Crippen LogP contribution in [0.2, 0.25) is 0 Å². The predicted molar refractivity (Wildman–Crippen MR) is 87.0 cm³/mol. The lowest BCUT2D eigenvalue weighted by atomic mass is 9.92. The van der Waals surface area contributed by atoms with E-state index in [1.54, 1.807) is 0 Å². The largest absolute Gasteiger partial charge is 0.329 e. The minimum atomic E-state index is 0.193. The molecule has 2 nitrogen and oxygen atoms in total. The van der Waals surface area contributed by atoms with E-state index in [1.165, 1.54) is 50.8 Å². The fraction of sp³-hybridized carbons (Fsp3) is 0.667. The molecular weight excluding hydrogens is 244 g/mol. The van der Waals surface area contributed by atoms with E-state index in [4.69, 9.17) is 5.73 Å². The van der Waals surface area contributed by atoms with Gasteiger partial charge in [0, 0.05) is 18.6 Å². The van der Waals surface area contributed by atoms with Crippen molar-refractivity contribution >= 4 is 0 Å². The number of hydrogen-bond donors (Lipinski definition) is 1. The zero-order valence-corrected chi connectivity index (χ0v) is 13.1. The Labute approximate surface area is 124 Å². The minimum Gasteiger partial charge on any atom is -0.329 e. The van der Waals surface area contributed by atoms with E-state index in [2.05, 4.69) is 49.1 Å². The lowest BCUT2D eigenvalue weighted by Crippen LogP contribution is -2.50. The molecule has 1 saturated heterocycles. The van der Waals surface area contributed by atoms with Gasteiger partial charge in [0.15, 0.2) is 0 Å². The summed E-state index contributed by atoms with van der Waals surface area (Å²) < 4.78 is 0. The standard InChI is InChI=1S/C18H30N2/c1-3-4-8-12-18(2,15-19)20-13-11-17(14-20)16-9-6-5-7-10-16/h5-7,9-10,17H,3-4,8,11-15,19H2,1-2H3. The van der Waals surface area contributed by atoms with Gasteiger partial charge in [0.1, 0.15) is 0 Å². The van der Waals surface area contributed by atoms with E-state index in [-0.39, 0.29) is 5.54 Å². The highest BCUT2D eigenvalue weighted by atomic mass is 15.2. The number of rotatable bonds is 7. The smallest absolute Gasteiger partial charge is 0.0303 e. The number of nitrogens with zero attached hydrogens (tertiary/aromatic N) is 1. The maximum absolute atomic E-state index is 6.11. The lowest BCUT2D eigenvalue weighted by Gasteiger charge is -2.38. The highest BCUT2D eigenvalue weighted by Crippen LogP contribution is 2.33. The Morgan fingerprint density at radius 2 is 2.00 bits per heavy atom. The Morgan fingerprint density at radius 3 is 2.65 bits per heavy atom. The maximum Gasteiger partial charge on any atom is 0.0303 e. The van der Waals surface area contributed by atoms with Gasteiger partial charge in [-0.25, -0.2) is 0 Å². The number of benzene rings is 1. The lowest BCUT2D eigenvalue weighted by molar-refractivity contribution is 0.127. The molecule has 1 fully saturated rings. The molecule has 0 aromatic heterocycles. The number of likely N-dealkylation sites (tertiary alicyclic amines) is 1. The molecule has 0 bridgehead atoms. The summed E-state index contributed by atoms with van der Waals surface area (Å²) in [5.41, 5.74) is 7.79. The molecule has 0 aliphatic carbocycles. The predicted octanol–water partition coefficient (Wildman–Crippen LogP) is 3.77. The molecule has 112 valence electrons. The molecule has 0 spiro atoms. The van der Waals surface area contributed by atoms with E-state index in [1.807, 2.05) is 0 Å². The molecule has 2 atom stereocenters. The summed E-state index contributed by atoms with van der Waals surface area (Å²) in [6.07, 6.45) is 6.42. The molecule has 1 aromatic carbocycles. The average Bonchev–Trinajstić information content (AvgIpc) is 2.99. The fourth-order valence-corrected chi connectivity index (χ4v) is 3.39. The second-order valence-corrected chi connectivity index (χ2v) is 6.50. The molecule has 2 N–H and O–H groups in total. The zero-order valence-electron chi connectivity index (χ0n) is 13.1. The first-order chi connectivity index (χ1) is 9.69. The normalized spacial score (nSPS) is 22.9. The fourth-order valence-electron chi connectivity index (χ4n) is 3.39. The third-order valence-electron chi connectivity index (χ3n) is 4.98. The van der Waals surface area contributed by atoms with Crippen LogP contribution in [0, 0.1) is 0 Å². The molecule has 1 aliphatic heterocycles. The van der Waals surface area contributed by atoms with E-state index in [0.717, 1.165) is 6.54 Å². The first kappa shape index (κ1) is 15.5. The van der Waals surface area contributed by atoms with Crippen LogP contribution in [-0.4, -0.2) is 30.1 Å². The molecule has 1 aromatic rings. The molecular formula is C18H30N2. The van der Waals surface area contributed by atoms with Gasteiger partial charge in [0.05, 0.1) is 0 Å². The van der Waals surface area contributed by atoms with Crippen LogP contribution in [-0.2, 0) is 0 Å². The molecule has 2 unspecified atom stereocenters. The Hall–Kier alpha value is -0.860. The summed E-state index contributed by atoms with van der Waals surface area (Å²) >= 11 is 0. The summed E-state index contributed by atoms with van der Waals surface area (Å²) in [4.78, 5) is 2.64. The summed E-state index contributed by atoms with van der Waals surface area (Å²) in [5, 5.41) is 0. The molecule has 20 heavy (non-hydrogen) atoms. The Balaban J connectivity index is 1.96. The molecule has 0 saturated carbocycles. The van der Waals surface area contributed by atoms with Crippen molar-refractivity contribution in [3.05, 3.63) is 35.9 Å². The van der Waals surface area contributed by atoms with Crippen molar-refractivity contribution in [1.82, 2.24) is 4.90 Å².